The van der Waals surface area contributed by atoms with E-state index in [4.69, 9.17) is 4.74 Å². The first-order chi connectivity index (χ1) is 10.4. The zero-order chi connectivity index (χ0) is 14.5. The molecule has 1 aromatic carbocycles. The maximum Gasteiger partial charge on any atom is 0.221 e. The number of nitrogens with one attached hydrogen (secondary N) is 1. The number of hydrogen-bond acceptors (Lipinski definition) is 3. The van der Waals surface area contributed by atoms with E-state index in [1.54, 1.807) is 0 Å². The average molecular weight is 284 g/mol. The van der Waals surface area contributed by atoms with Gasteiger partial charge in [0, 0.05) is 24.2 Å². The Kier molecular flexibility index (Phi) is 4.71. The molecule has 0 unspecified atom stereocenters. The number of nitrogens with zero attached hydrogens (tertiary/aromatic N) is 1. The molecule has 0 saturated heterocycles. The first-order valence-electron chi connectivity index (χ1n) is 8.11. The molecule has 2 aromatic rings. The molecule has 21 heavy (non-hydrogen) atoms. The number of hydrogen-bond donors (Lipinski definition) is 1. The van der Waals surface area contributed by atoms with Gasteiger partial charge in [-0.3, -0.25) is 0 Å². The van der Waals surface area contributed by atoms with E-state index in [-0.39, 0.29) is 0 Å². The maximum absolute atomic E-state index is 5.88. The molecule has 1 N–H and O–H groups in total. The molecule has 0 amide bonds. The van der Waals surface area contributed by atoms with E-state index in [1.165, 1.54) is 36.6 Å². The van der Waals surface area contributed by atoms with Gasteiger partial charge in [-0.25, -0.2) is 4.98 Å². The van der Waals surface area contributed by atoms with E-state index in [2.05, 4.69) is 41.5 Å². The molecule has 0 atom stereocenters. The van der Waals surface area contributed by atoms with Gasteiger partial charge < -0.3 is 10.1 Å². The topological polar surface area (TPSA) is 34.1 Å². The molecule has 3 nitrogen and oxygen atoms in total. The van der Waals surface area contributed by atoms with E-state index in [0.717, 1.165) is 30.8 Å². The molecule has 0 spiro atoms. The smallest absolute Gasteiger partial charge is 0.221 e. The largest absolute Gasteiger partial charge is 0.477 e. The highest BCUT2D eigenvalue weighted by Crippen LogP contribution is 2.27. The fraction of sp³-hybridized carbons (Fsp3) is 0.500. The Hall–Kier alpha value is -1.61. The lowest BCUT2D eigenvalue weighted by Crippen LogP contribution is -2.15. The third-order valence-corrected chi connectivity index (χ3v) is 3.99. The summed E-state index contributed by atoms with van der Waals surface area (Å²) in [4.78, 5) is 4.54. The van der Waals surface area contributed by atoms with Crippen LogP contribution in [0.5, 0.6) is 5.88 Å². The van der Waals surface area contributed by atoms with Crippen molar-refractivity contribution in [2.24, 2.45) is 0 Å². The molecule has 1 saturated carbocycles. The minimum atomic E-state index is 0.716. The molecule has 0 aliphatic heterocycles. The maximum atomic E-state index is 5.88. The molecule has 0 radical (unpaired) electrons. The van der Waals surface area contributed by atoms with Crippen molar-refractivity contribution in [1.82, 2.24) is 10.3 Å². The van der Waals surface area contributed by atoms with Gasteiger partial charge in [0.1, 0.15) is 0 Å². The third kappa shape index (κ3) is 3.73. The van der Waals surface area contributed by atoms with Crippen molar-refractivity contribution >= 4 is 10.8 Å². The van der Waals surface area contributed by atoms with Crippen LogP contribution in [0.1, 0.15) is 44.6 Å². The van der Waals surface area contributed by atoms with Crippen LogP contribution < -0.4 is 10.1 Å². The fourth-order valence-corrected chi connectivity index (χ4v) is 2.54. The van der Waals surface area contributed by atoms with Crippen molar-refractivity contribution in [3.05, 3.63) is 36.0 Å². The van der Waals surface area contributed by atoms with Crippen molar-refractivity contribution in [3.8, 4) is 5.88 Å². The van der Waals surface area contributed by atoms with Gasteiger partial charge in [0.2, 0.25) is 5.88 Å². The molecule has 1 aliphatic carbocycles. The number of ether oxygens (including phenoxy) is 1. The summed E-state index contributed by atoms with van der Waals surface area (Å²) in [7, 11) is 0. The number of unbranched alkanes of at least 4 members (excludes halogenated alkanes) is 2. The van der Waals surface area contributed by atoms with Crippen LogP contribution >= 0.6 is 0 Å². The highest BCUT2D eigenvalue weighted by Gasteiger charge is 2.20. The summed E-state index contributed by atoms with van der Waals surface area (Å²) in [5.74, 6) is 0.775. The van der Waals surface area contributed by atoms with Gasteiger partial charge in [0.15, 0.2) is 0 Å². The van der Waals surface area contributed by atoms with E-state index in [0.29, 0.717) is 6.04 Å². The zero-order valence-electron chi connectivity index (χ0n) is 12.8. The predicted octanol–water partition coefficient (Wildman–Crippen LogP) is 4.06. The summed E-state index contributed by atoms with van der Waals surface area (Å²) in [6.07, 6.45) is 8.10. The summed E-state index contributed by atoms with van der Waals surface area (Å²) in [5, 5.41) is 5.95. The number of fused-ring (bicyclic) bond motifs is 1. The molecular formula is C18H24N2O. The number of aromatic nitrogens is 1. The number of pyridine rings is 1. The van der Waals surface area contributed by atoms with Crippen LogP contribution in [-0.2, 0) is 6.54 Å². The van der Waals surface area contributed by atoms with Crippen LogP contribution in [0.2, 0.25) is 0 Å². The van der Waals surface area contributed by atoms with E-state index < -0.39 is 0 Å². The highest BCUT2D eigenvalue weighted by atomic mass is 16.5. The van der Waals surface area contributed by atoms with Gasteiger partial charge in [-0.1, -0.05) is 38.0 Å². The van der Waals surface area contributed by atoms with Crippen LogP contribution in [0.25, 0.3) is 10.8 Å². The van der Waals surface area contributed by atoms with Crippen LogP contribution in [0.15, 0.2) is 30.5 Å². The van der Waals surface area contributed by atoms with Crippen molar-refractivity contribution in [2.45, 2.75) is 51.6 Å². The van der Waals surface area contributed by atoms with Gasteiger partial charge >= 0.3 is 0 Å². The second-order valence-electron chi connectivity index (χ2n) is 5.84. The Bertz CT molecular complexity index is 593. The van der Waals surface area contributed by atoms with Crippen molar-refractivity contribution in [2.75, 3.05) is 6.61 Å². The Morgan fingerprint density at radius 2 is 2.00 bits per heavy atom. The van der Waals surface area contributed by atoms with Crippen molar-refractivity contribution in [3.63, 3.8) is 0 Å². The zero-order valence-corrected chi connectivity index (χ0v) is 12.8. The standard InChI is InChI=1S/C18H24N2O/c1-2-3-6-11-21-18-17-8-5-4-7-16(17)14(13-20-18)12-19-15-9-10-15/h4-5,7-8,13,15,19H,2-3,6,9-12H2,1H3. The van der Waals surface area contributed by atoms with Crippen LogP contribution in [0.3, 0.4) is 0 Å². The summed E-state index contributed by atoms with van der Waals surface area (Å²) >= 11 is 0. The Balaban J connectivity index is 1.76. The minimum absolute atomic E-state index is 0.716. The van der Waals surface area contributed by atoms with E-state index in [9.17, 15) is 0 Å². The predicted molar refractivity (Wildman–Crippen MR) is 86.6 cm³/mol. The summed E-state index contributed by atoms with van der Waals surface area (Å²) < 4.78 is 5.88. The summed E-state index contributed by atoms with van der Waals surface area (Å²) in [5.41, 5.74) is 1.26. The lowest BCUT2D eigenvalue weighted by Gasteiger charge is -2.12. The van der Waals surface area contributed by atoms with E-state index >= 15 is 0 Å². The molecule has 1 heterocycles. The molecule has 1 aliphatic rings. The van der Waals surface area contributed by atoms with Crippen molar-refractivity contribution < 1.29 is 4.74 Å². The Labute approximate surface area is 126 Å². The van der Waals surface area contributed by atoms with Gasteiger partial charge in [-0.05, 0) is 36.3 Å². The average Bonchev–Trinajstić information content (AvgIpc) is 3.34. The molecule has 1 fully saturated rings. The monoisotopic (exact) mass is 284 g/mol. The number of benzene rings is 1. The first kappa shape index (κ1) is 14.3. The molecule has 3 rings (SSSR count). The van der Waals surface area contributed by atoms with E-state index in [1.807, 2.05) is 6.20 Å². The first-order valence-corrected chi connectivity index (χ1v) is 8.11. The van der Waals surface area contributed by atoms with Gasteiger partial charge in [0.05, 0.1) is 6.61 Å². The second-order valence-corrected chi connectivity index (χ2v) is 5.84. The highest BCUT2D eigenvalue weighted by molar-refractivity contribution is 5.89. The summed E-state index contributed by atoms with van der Waals surface area (Å²) in [6, 6.07) is 9.14. The lowest BCUT2D eigenvalue weighted by molar-refractivity contribution is 0.298. The molecular weight excluding hydrogens is 260 g/mol. The van der Waals surface area contributed by atoms with Crippen molar-refractivity contribution in [1.29, 1.82) is 0 Å². The lowest BCUT2D eigenvalue weighted by atomic mass is 10.1. The SMILES string of the molecule is CCCCCOc1ncc(CNC2CC2)c2ccccc12. The molecule has 0 bridgehead atoms. The van der Waals surface area contributed by atoms with Gasteiger partial charge in [-0.2, -0.15) is 0 Å². The molecule has 112 valence electrons. The normalized spacial score (nSPS) is 14.5. The number of rotatable bonds is 8. The molecule has 3 heteroatoms. The van der Waals surface area contributed by atoms with Crippen LogP contribution in [0.4, 0.5) is 0 Å². The Morgan fingerprint density at radius 1 is 1.19 bits per heavy atom. The van der Waals surface area contributed by atoms with Gasteiger partial charge in [-0.15, -0.1) is 0 Å². The Morgan fingerprint density at radius 3 is 2.76 bits per heavy atom. The third-order valence-electron chi connectivity index (χ3n) is 3.99. The second kappa shape index (κ2) is 6.90. The minimum Gasteiger partial charge on any atom is -0.477 e. The fourth-order valence-electron chi connectivity index (χ4n) is 2.54. The van der Waals surface area contributed by atoms with Crippen LogP contribution in [0, 0.1) is 0 Å². The summed E-state index contributed by atoms with van der Waals surface area (Å²) in [6.45, 7) is 3.86. The quantitative estimate of drug-likeness (QED) is 0.742. The van der Waals surface area contributed by atoms with Crippen LogP contribution in [-0.4, -0.2) is 17.6 Å². The molecule has 1 aromatic heterocycles. The van der Waals surface area contributed by atoms with Gasteiger partial charge in [0.25, 0.3) is 0 Å².